The maximum absolute atomic E-state index is 5.96. The molecule has 0 radical (unpaired) electrons. The molecule has 0 aliphatic rings. The van der Waals surface area contributed by atoms with E-state index in [4.69, 9.17) is 5.73 Å². The summed E-state index contributed by atoms with van der Waals surface area (Å²) in [5, 5.41) is 4.21. The first-order valence-corrected chi connectivity index (χ1v) is 6.43. The number of fused-ring (bicyclic) bond motifs is 1. The van der Waals surface area contributed by atoms with E-state index in [1.54, 1.807) is 17.5 Å². The van der Waals surface area contributed by atoms with Gasteiger partial charge in [-0.2, -0.15) is 0 Å². The van der Waals surface area contributed by atoms with Crippen LogP contribution in [0.1, 0.15) is 4.88 Å². The maximum atomic E-state index is 5.96. The zero-order chi connectivity index (χ0) is 12.4. The first kappa shape index (κ1) is 10.9. The Hall–Kier alpha value is -2.20. The van der Waals surface area contributed by atoms with E-state index in [9.17, 15) is 0 Å². The molecule has 2 heterocycles. The molecule has 0 aliphatic carbocycles. The van der Waals surface area contributed by atoms with Gasteiger partial charge < -0.3 is 5.73 Å². The van der Waals surface area contributed by atoms with E-state index >= 15 is 0 Å². The van der Waals surface area contributed by atoms with Crippen molar-refractivity contribution in [2.24, 2.45) is 10.7 Å². The summed E-state index contributed by atoms with van der Waals surface area (Å²) in [4.78, 5) is 9.52. The van der Waals surface area contributed by atoms with Gasteiger partial charge in [-0.3, -0.25) is 4.98 Å². The molecular formula is C14H11N3S. The highest BCUT2D eigenvalue weighted by molar-refractivity contribution is 7.12. The summed E-state index contributed by atoms with van der Waals surface area (Å²) in [6.45, 7) is 0. The zero-order valence-electron chi connectivity index (χ0n) is 9.58. The summed E-state index contributed by atoms with van der Waals surface area (Å²) < 4.78 is 0. The van der Waals surface area contributed by atoms with Crippen LogP contribution in [0.15, 0.2) is 59.2 Å². The number of hydrogen-bond donors (Lipinski definition) is 1. The van der Waals surface area contributed by atoms with Gasteiger partial charge in [-0.1, -0.05) is 12.1 Å². The van der Waals surface area contributed by atoms with Crippen LogP contribution >= 0.6 is 11.3 Å². The van der Waals surface area contributed by atoms with Gasteiger partial charge in [0, 0.05) is 17.8 Å². The molecule has 0 fully saturated rings. The van der Waals surface area contributed by atoms with Crippen molar-refractivity contribution in [3.8, 4) is 0 Å². The van der Waals surface area contributed by atoms with Crippen molar-refractivity contribution in [2.75, 3.05) is 0 Å². The predicted molar refractivity (Wildman–Crippen MR) is 76.4 cm³/mol. The molecule has 0 unspecified atom stereocenters. The molecule has 18 heavy (non-hydrogen) atoms. The number of nitrogens with two attached hydrogens (primary N) is 1. The first-order chi connectivity index (χ1) is 8.83. The number of nitrogens with zero attached hydrogens (tertiary/aromatic N) is 2. The molecule has 3 rings (SSSR count). The average Bonchev–Trinajstić information content (AvgIpc) is 2.92. The molecule has 4 heteroatoms. The fraction of sp³-hybridized carbons (Fsp3) is 0. The molecule has 3 nitrogen and oxygen atoms in total. The number of amidine groups is 1. The molecule has 2 aromatic heterocycles. The highest BCUT2D eigenvalue weighted by atomic mass is 32.1. The second kappa shape index (κ2) is 4.58. The Morgan fingerprint density at radius 1 is 1.17 bits per heavy atom. The van der Waals surface area contributed by atoms with E-state index in [0.29, 0.717) is 5.84 Å². The van der Waals surface area contributed by atoms with E-state index in [1.807, 2.05) is 48.0 Å². The SMILES string of the molecule is NC(=Nc1ccc2ccncc2c1)c1cccs1. The van der Waals surface area contributed by atoms with Crippen LogP contribution in [0, 0.1) is 0 Å². The summed E-state index contributed by atoms with van der Waals surface area (Å²) in [6.07, 6.45) is 3.61. The third kappa shape index (κ3) is 2.10. The number of rotatable bonds is 2. The van der Waals surface area contributed by atoms with Gasteiger partial charge in [-0.05, 0) is 35.0 Å². The lowest BCUT2D eigenvalue weighted by molar-refractivity contribution is 1.36. The quantitative estimate of drug-likeness (QED) is 0.562. The summed E-state index contributed by atoms with van der Waals surface area (Å²) >= 11 is 1.59. The van der Waals surface area contributed by atoms with Crippen molar-refractivity contribution in [2.45, 2.75) is 0 Å². The van der Waals surface area contributed by atoms with Crippen molar-refractivity contribution in [3.63, 3.8) is 0 Å². The third-order valence-electron chi connectivity index (χ3n) is 2.65. The summed E-state index contributed by atoms with van der Waals surface area (Å²) in [6, 6.07) is 11.9. The topological polar surface area (TPSA) is 51.3 Å². The van der Waals surface area contributed by atoms with E-state index < -0.39 is 0 Å². The number of thiophene rings is 1. The van der Waals surface area contributed by atoms with Gasteiger partial charge >= 0.3 is 0 Å². The van der Waals surface area contributed by atoms with Gasteiger partial charge in [0.25, 0.3) is 0 Å². The Bertz CT molecular complexity index is 702. The molecule has 0 atom stereocenters. The molecule has 1 aromatic carbocycles. The van der Waals surface area contributed by atoms with Crippen LogP contribution in [0.5, 0.6) is 0 Å². The monoisotopic (exact) mass is 253 g/mol. The number of aliphatic imine (C=N–C) groups is 1. The van der Waals surface area contributed by atoms with Gasteiger partial charge in [0.1, 0.15) is 5.84 Å². The Balaban J connectivity index is 2.02. The van der Waals surface area contributed by atoms with Crippen molar-refractivity contribution < 1.29 is 0 Å². The predicted octanol–water partition coefficient (Wildman–Crippen LogP) is 3.33. The molecule has 2 N–H and O–H groups in total. The standard InChI is InChI=1S/C14H11N3S/c15-14(13-2-1-7-18-13)17-12-4-3-10-5-6-16-9-11(10)8-12/h1-9H,(H2,15,17). The van der Waals surface area contributed by atoms with Crippen molar-refractivity contribution in [1.82, 2.24) is 4.98 Å². The third-order valence-corrected chi connectivity index (χ3v) is 3.54. The number of hydrogen-bond acceptors (Lipinski definition) is 3. The summed E-state index contributed by atoms with van der Waals surface area (Å²) in [5.41, 5.74) is 6.81. The van der Waals surface area contributed by atoms with Crippen LogP contribution in [0.4, 0.5) is 5.69 Å². The minimum absolute atomic E-state index is 0.549. The van der Waals surface area contributed by atoms with Crippen LogP contribution in [-0.4, -0.2) is 10.8 Å². The molecule has 0 bridgehead atoms. The molecule has 0 saturated heterocycles. The van der Waals surface area contributed by atoms with E-state index in [1.165, 1.54) is 0 Å². The van der Waals surface area contributed by atoms with Crippen LogP contribution in [-0.2, 0) is 0 Å². The molecule has 0 amide bonds. The minimum Gasteiger partial charge on any atom is -0.383 e. The lowest BCUT2D eigenvalue weighted by Crippen LogP contribution is -2.10. The van der Waals surface area contributed by atoms with Crippen molar-refractivity contribution in [1.29, 1.82) is 0 Å². The Labute approximate surface area is 109 Å². The fourth-order valence-corrected chi connectivity index (χ4v) is 2.39. The van der Waals surface area contributed by atoms with Gasteiger partial charge in [0.05, 0.1) is 10.6 Å². The second-order valence-corrected chi connectivity index (χ2v) is 4.83. The first-order valence-electron chi connectivity index (χ1n) is 5.55. The average molecular weight is 253 g/mol. The smallest absolute Gasteiger partial charge is 0.141 e. The molecule has 0 saturated carbocycles. The minimum atomic E-state index is 0.549. The number of benzene rings is 1. The molecule has 3 aromatic rings. The van der Waals surface area contributed by atoms with E-state index in [0.717, 1.165) is 21.3 Å². The Morgan fingerprint density at radius 3 is 2.94 bits per heavy atom. The van der Waals surface area contributed by atoms with Crippen molar-refractivity contribution >= 4 is 33.6 Å². The molecule has 88 valence electrons. The highest BCUT2D eigenvalue weighted by Gasteiger charge is 2.00. The maximum Gasteiger partial charge on any atom is 0.141 e. The van der Waals surface area contributed by atoms with Crippen LogP contribution in [0.3, 0.4) is 0 Å². The van der Waals surface area contributed by atoms with Crippen LogP contribution < -0.4 is 5.73 Å². The molecule has 0 aliphatic heterocycles. The highest BCUT2D eigenvalue weighted by Crippen LogP contribution is 2.21. The van der Waals surface area contributed by atoms with Gasteiger partial charge in [-0.25, -0.2) is 4.99 Å². The lowest BCUT2D eigenvalue weighted by Gasteiger charge is -2.00. The van der Waals surface area contributed by atoms with Gasteiger partial charge in [-0.15, -0.1) is 11.3 Å². The van der Waals surface area contributed by atoms with Crippen LogP contribution in [0.2, 0.25) is 0 Å². The summed E-state index contributed by atoms with van der Waals surface area (Å²) in [7, 11) is 0. The molecular weight excluding hydrogens is 242 g/mol. The normalized spacial score (nSPS) is 11.9. The van der Waals surface area contributed by atoms with E-state index in [-0.39, 0.29) is 0 Å². The zero-order valence-corrected chi connectivity index (χ0v) is 10.4. The van der Waals surface area contributed by atoms with Crippen molar-refractivity contribution in [3.05, 3.63) is 59.0 Å². The largest absolute Gasteiger partial charge is 0.383 e. The Kier molecular flexibility index (Phi) is 2.78. The lowest BCUT2D eigenvalue weighted by atomic mass is 10.1. The van der Waals surface area contributed by atoms with Gasteiger partial charge in [0.2, 0.25) is 0 Å². The van der Waals surface area contributed by atoms with Gasteiger partial charge in [0.15, 0.2) is 0 Å². The summed E-state index contributed by atoms with van der Waals surface area (Å²) in [5.74, 6) is 0.549. The fourth-order valence-electron chi connectivity index (χ4n) is 1.76. The van der Waals surface area contributed by atoms with Crippen LogP contribution in [0.25, 0.3) is 10.8 Å². The second-order valence-electron chi connectivity index (χ2n) is 3.88. The van der Waals surface area contributed by atoms with E-state index in [2.05, 4.69) is 9.98 Å². The number of aromatic nitrogens is 1. The molecule has 0 spiro atoms. The number of pyridine rings is 1. The Morgan fingerprint density at radius 2 is 2.11 bits per heavy atom.